The number of carbonyl (C=O) groups is 1. The van der Waals surface area contributed by atoms with Gasteiger partial charge in [-0.25, -0.2) is 4.39 Å². The highest BCUT2D eigenvalue weighted by atomic mass is 32.2. The van der Waals surface area contributed by atoms with E-state index in [1.54, 1.807) is 26.2 Å². The molecule has 0 fully saturated rings. The van der Waals surface area contributed by atoms with Gasteiger partial charge in [0.05, 0.1) is 24.2 Å². The van der Waals surface area contributed by atoms with Crippen molar-refractivity contribution in [2.45, 2.75) is 11.3 Å². The number of rotatable bonds is 7. The van der Waals surface area contributed by atoms with Gasteiger partial charge in [-0.15, -0.1) is 10.2 Å². The van der Waals surface area contributed by atoms with Gasteiger partial charge in [0.2, 0.25) is 11.0 Å². The van der Waals surface area contributed by atoms with Crippen LogP contribution in [0.2, 0.25) is 0 Å². The number of ether oxygens (including phenoxy) is 1. The van der Waals surface area contributed by atoms with Crippen LogP contribution in [0.25, 0.3) is 0 Å². The Morgan fingerprint density at radius 2 is 2.04 bits per heavy atom. The van der Waals surface area contributed by atoms with E-state index >= 15 is 0 Å². The fraction of sp³-hybridized carbons (Fsp3) is 0.167. The summed E-state index contributed by atoms with van der Waals surface area (Å²) < 4.78 is 19.7. The zero-order valence-corrected chi connectivity index (χ0v) is 16.3. The maximum atomic E-state index is 13.8. The minimum atomic E-state index is -0.451. The van der Waals surface area contributed by atoms with Gasteiger partial charge in [0.15, 0.2) is 4.34 Å². The van der Waals surface area contributed by atoms with Gasteiger partial charge >= 0.3 is 0 Å². The van der Waals surface area contributed by atoms with E-state index in [-0.39, 0.29) is 17.3 Å². The van der Waals surface area contributed by atoms with Crippen molar-refractivity contribution in [1.29, 1.82) is 0 Å². The van der Waals surface area contributed by atoms with E-state index in [1.165, 1.54) is 29.2 Å². The van der Waals surface area contributed by atoms with E-state index in [1.807, 2.05) is 24.3 Å². The van der Waals surface area contributed by atoms with Crippen LogP contribution >= 0.6 is 23.1 Å². The molecule has 27 heavy (non-hydrogen) atoms. The molecule has 3 rings (SSSR count). The maximum Gasteiger partial charge on any atom is 0.234 e. The Kier molecular flexibility index (Phi) is 6.25. The molecule has 0 aliphatic rings. The highest BCUT2D eigenvalue weighted by Crippen LogP contribution is 2.31. The monoisotopic (exact) mass is 404 g/mol. The van der Waals surface area contributed by atoms with Crippen LogP contribution < -0.4 is 15.4 Å². The summed E-state index contributed by atoms with van der Waals surface area (Å²) in [6, 6.07) is 12.1. The number of carbonyl (C=O) groups excluding carboxylic acids is 1. The lowest BCUT2D eigenvalue weighted by Gasteiger charge is -2.07. The SMILES string of the molecule is COc1ccccc1Nc1nnc(SCC(=O)Nc2ccc(C)cc2F)s1. The smallest absolute Gasteiger partial charge is 0.234 e. The second-order valence-electron chi connectivity index (χ2n) is 5.52. The number of hydrogen-bond acceptors (Lipinski definition) is 7. The third-order valence-corrected chi connectivity index (χ3v) is 5.45. The number of nitrogens with zero attached hydrogens (tertiary/aromatic N) is 2. The molecule has 3 aromatic rings. The highest BCUT2D eigenvalue weighted by molar-refractivity contribution is 8.01. The van der Waals surface area contributed by atoms with Gasteiger partial charge in [0, 0.05) is 0 Å². The Balaban J connectivity index is 1.55. The molecule has 0 aliphatic carbocycles. The average Bonchev–Trinajstić information content (AvgIpc) is 3.10. The predicted molar refractivity (Wildman–Crippen MR) is 107 cm³/mol. The first-order valence-electron chi connectivity index (χ1n) is 7.97. The van der Waals surface area contributed by atoms with Gasteiger partial charge in [-0.3, -0.25) is 4.79 Å². The average molecular weight is 404 g/mol. The quantitative estimate of drug-likeness (QED) is 0.566. The molecule has 9 heteroatoms. The summed E-state index contributed by atoms with van der Waals surface area (Å²) in [6.07, 6.45) is 0. The fourth-order valence-electron chi connectivity index (χ4n) is 2.22. The summed E-state index contributed by atoms with van der Waals surface area (Å²) in [6.45, 7) is 1.79. The van der Waals surface area contributed by atoms with Crippen LogP contribution in [0.1, 0.15) is 5.56 Å². The maximum absolute atomic E-state index is 13.8. The van der Waals surface area contributed by atoms with Gasteiger partial charge in [0.25, 0.3) is 0 Å². The summed E-state index contributed by atoms with van der Waals surface area (Å²) >= 11 is 2.56. The Morgan fingerprint density at radius 1 is 1.22 bits per heavy atom. The minimum absolute atomic E-state index is 0.108. The number of halogens is 1. The molecule has 140 valence electrons. The van der Waals surface area contributed by atoms with Crippen molar-refractivity contribution in [1.82, 2.24) is 10.2 Å². The van der Waals surface area contributed by atoms with Gasteiger partial charge in [0.1, 0.15) is 11.6 Å². The zero-order valence-electron chi connectivity index (χ0n) is 14.7. The largest absolute Gasteiger partial charge is 0.495 e. The molecule has 1 aromatic heterocycles. The molecule has 0 atom stereocenters. The van der Waals surface area contributed by atoms with Crippen molar-refractivity contribution in [2.24, 2.45) is 0 Å². The van der Waals surface area contributed by atoms with E-state index in [4.69, 9.17) is 4.74 Å². The normalized spacial score (nSPS) is 10.5. The third kappa shape index (κ3) is 5.18. The first kappa shape index (κ1) is 19.1. The Hall–Kier alpha value is -2.65. The summed E-state index contributed by atoms with van der Waals surface area (Å²) in [5, 5.41) is 14.4. The Morgan fingerprint density at radius 3 is 2.81 bits per heavy atom. The molecule has 6 nitrogen and oxygen atoms in total. The Bertz CT molecular complexity index is 949. The number of anilines is 3. The molecule has 2 aromatic carbocycles. The zero-order chi connectivity index (χ0) is 19.2. The highest BCUT2D eigenvalue weighted by Gasteiger charge is 2.11. The molecule has 2 N–H and O–H groups in total. The van der Waals surface area contributed by atoms with Crippen LogP contribution in [-0.2, 0) is 4.79 Å². The van der Waals surface area contributed by atoms with Crippen molar-refractivity contribution in [2.75, 3.05) is 23.5 Å². The van der Waals surface area contributed by atoms with Gasteiger partial charge in [-0.2, -0.15) is 0 Å². The van der Waals surface area contributed by atoms with Crippen LogP contribution in [0.4, 0.5) is 20.9 Å². The number of para-hydroxylation sites is 2. The van der Waals surface area contributed by atoms with Gasteiger partial charge in [-0.1, -0.05) is 41.3 Å². The van der Waals surface area contributed by atoms with Crippen molar-refractivity contribution in [3.63, 3.8) is 0 Å². The summed E-state index contributed by atoms with van der Waals surface area (Å²) in [7, 11) is 1.59. The predicted octanol–water partition coefficient (Wildman–Crippen LogP) is 4.47. The molecule has 1 amide bonds. The van der Waals surface area contributed by atoms with Crippen LogP contribution in [0.3, 0.4) is 0 Å². The van der Waals surface area contributed by atoms with E-state index in [0.29, 0.717) is 15.2 Å². The summed E-state index contributed by atoms with van der Waals surface area (Å²) in [4.78, 5) is 12.0. The van der Waals surface area contributed by atoms with Crippen molar-refractivity contribution in [3.8, 4) is 5.75 Å². The number of hydrogen-bond donors (Lipinski definition) is 2. The van der Waals surface area contributed by atoms with Gasteiger partial charge < -0.3 is 15.4 Å². The molecule has 0 radical (unpaired) electrons. The molecular weight excluding hydrogens is 387 g/mol. The lowest BCUT2D eigenvalue weighted by molar-refractivity contribution is -0.113. The minimum Gasteiger partial charge on any atom is -0.495 e. The molecule has 0 aliphatic heterocycles. The van der Waals surface area contributed by atoms with E-state index in [0.717, 1.165) is 11.3 Å². The molecule has 0 bridgehead atoms. The number of aromatic nitrogens is 2. The lowest BCUT2D eigenvalue weighted by atomic mass is 10.2. The number of aryl methyl sites for hydroxylation is 1. The van der Waals surface area contributed by atoms with Crippen molar-refractivity contribution < 1.29 is 13.9 Å². The molecular formula is C18H17FN4O2S2. The molecule has 0 saturated heterocycles. The first-order valence-corrected chi connectivity index (χ1v) is 9.77. The third-order valence-electron chi connectivity index (χ3n) is 3.48. The number of nitrogens with one attached hydrogen (secondary N) is 2. The number of benzene rings is 2. The number of amides is 1. The second-order valence-corrected chi connectivity index (χ2v) is 7.72. The van der Waals surface area contributed by atoms with Crippen molar-refractivity contribution in [3.05, 3.63) is 53.8 Å². The lowest BCUT2D eigenvalue weighted by Crippen LogP contribution is -2.15. The number of thioether (sulfide) groups is 1. The second kappa shape index (κ2) is 8.83. The van der Waals surface area contributed by atoms with Crippen molar-refractivity contribution >= 4 is 45.5 Å². The van der Waals surface area contributed by atoms with Crippen LogP contribution in [0, 0.1) is 12.7 Å². The van der Waals surface area contributed by atoms with Crippen LogP contribution in [-0.4, -0.2) is 29.0 Å². The Labute approximate surface area is 164 Å². The topological polar surface area (TPSA) is 76.1 Å². The fourth-order valence-corrected chi connectivity index (χ4v) is 3.78. The first-order chi connectivity index (χ1) is 13.0. The molecule has 0 spiro atoms. The van der Waals surface area contributed by atoms with E-state index in [9.17, 15) is 9.18 Å². The summed E-state index contributed by atoms with van der Waals surface area (Å²) in [5.41, 5.74) is 1.74. The number of methoxy groups -OCH3 is 1. The van der Waals surface area contributed by atoms with E-state index in [2.05, 4.69) is 20.8 Å². The van der Waals surface area contributed by atoms with Crippen LogP contribution in [0.15, 0.2) is 46.8 Å². The van der Waals surface area contributed by atoms with Crippen LogP contribution in [0.5, 0.6) is 5.75 Å². The standard InChI is InChI=1S/C18H17FN4O2S2/c1-11-7-8-13(12(19)9-11)20-16(24)10-26-18-23-22-17(27-18)21-14-5-3-4-6-15(14)25-2/h3-9H,10H2,1-2H3,(H,20,24)(H,21,22). The van der Waals surface area contributed by atoms with Gasteiger partial charge in [-0.05, 0) is 36.8 Å². The molecule has 1 heterocycles. The van der Waals surface area contributed by atoms with E-state index < -0.39 is 5.82 Å². The molecule has 0 saturated carbocycles. The summed E-state index contributed by atoms with van der Waals surface area (Å²) in [5.74, 6) is 0.0440. The molecule has 0 unspecified atom stereocenters.